The van der Waals surface area contributed by atoms with Gasteiger partial charge in [-0.15, -0.1) is 0 Å². The van der Waals surface area contributed by atoms with Gasteiger partial charge in [0.05, 0.1) is 19.8 Å². The molecule has 0 bridgehead atoms. The predicted molar refractivity (Wildman–Crippen MR) is 84.6 cm³/mol. The first-order valence-electron chi connectivity index (χ1n) is 8.23. The van der Waals surface area contributed by atoms with Crippen LogP contribution in [0.25, 0.3) is 0 Å². The second-order valence-electron chi connectivity index (χ2n) is 6.90. The average molecular weight is 288 g/mol. The summed E-state index contributed by atoms with van der Waals surface area (Å²) in [4.78, 5) is 0. The molecule has 0 aliphatic heterocycles. The average Bonchev–Trinajstić information content (AvgIpc) is 2.36. The van der Waals surface area contributed by atoms with Gasteiger partial charge in [0.25, 0.3) is 5.97 Å². The van der Waals surface area contributed by atoms with Gasteiger partial charge in [-0.05, 0) is 24.2 Å². The molecular weight excluding hydrogens is 252 g/mol. The van der Waals surface area contributed by atoms with Crippen molar-refractivity contribution in [3.05, 3.63) is 0 Å². The molecule has 0 radical (unpaired) electrons. The maximum absolute atomic E-state index is 6.05. The Morgan fingerprint density at radius 2 is 1.05 bits per heavy atom. The van der Waals surface area contributed by atoms with Gasteiger partial charge in [0.1, 0.15) is 0 Å². The van der Waals surface area contributed by atoms with Crippen LogP contribution < -0.4 is 0 Å². The molecule has 0 rings (SSSR count). The second kappa shape index (κ2) is 10.6. The van der Waals surface area contributed by atoms with E-state index in [0.29, 0.717) is 37.6 Å². The van der Waals surface area contributed by atoms with Gasteiger partial charge in [-0.2, -0.15) is 0 Å². The number of rotatable bonds is 12. The largest absolute Gasteiger partial charge is 0.327 e. The molecule has 0 heterocycles. The maximum Gasteiger partial charge on any atom is 0.282 e. The second-order valence-corrected chi connectivity index (χ2v) is 6.90. The molecule has 0 saturated heterocycles. The lowest BCUT2D eigenvalue weighted by molar-refractivity contribution is -0.390. The summed E-state index contributed by atoms with van der Waals surface area (Å²) in [6.07, 6.45) is 2.97. The number of unbranched alkanes of at least 4 members (excludes halogenated alkanes) is 1. The topological polar surface area (TPSA) is 27.7 Å². The first-order chi connectivity index (χ1) is 9.31. The molecule has 122 valence electrons. The van der Waals surface area contributed by atoms with Gasteiger partial charge in [-0.3, -0.25) is 0 Å². The zero-order valence-corrected chi connectivity index (χ0v) is 14.7. The van der Waals surface area contributed by atoms with Crippen LogP contribution in [-0.4, -0.2) is 25.8 Å². The Kier molecular flexibility index (Phi) is 10.5. The highest BCUT2D eigenvalue weighted by Gasteiger charge is 2.34. The van der Waals surface area contributed by atoms with Crippen molar-refractivity contribution >= 4 is 0 Å². The summed E-state index contributed by atoms with van der Waals surface area (Å²) in [5.41, 5.74) is 0. The van der Waals surface area contributed by atoms with E-state index in [1.165, 1.54) is 0 Å². The molecule has 3 heteroatoms. The molecule has 20 heavy (non-hydrogen) atoms. The SMILES string of the molecule is CCCCC(OCC(C)C)(OCC(C)C)OCC(C)C. The lowest BCUT2D eigenvalue weighted by Gasteiger charge is -2.35. The van der Waals surface area contributed by atoms with Crippen LogP contribution in [0.15, 0.2) is 0 Å². The van der Waals surface area contributed by atoms with Crippen molar-refractivity contribution in [3.8, 4) is 0 Å². The molecule has 3 nitrogen and oxygen atoms in total. The van der Waals surface area contributed by atoms with Crippen LogP contribution in [0.4, 0.5) is 0 Å². The fourth-order valence-corrected chi connectivity index (χ4v) is 1.62. The Bertz CT molecular complexity index is 193. The lowest BCUT2D eigenvalue weighted by Crippen LogP contribution is -2.42. The molecule has 0 fully saturated rings. The molecule has 0 saturated carbocycles. The quantitative estimate of drug-likeness (QED) is 0.481. The van der Waals surface area contributed by atoms with Crippen molar-refractivity contribution in [2.45, 2.75) is 73.7 Å². The molecule has 0 aromatic heterocycles. The summed E-state index contributed by atoms with van der Waals surface area (Å²) in [6, 6.07) is 0. The Morgan fingerprint density at radius 1 is 0.700 bits per heavy atom. The van der Waals surface area contributed by atoms with E-state index in [4.69, 9.17) is 14.2 Å². The first kappa shape index (κ1) is 19.9. The fraction of sp³-hybridized carbons (Fsp3) is 1.00. The Balaban J connectivity index is 4.74. The highest BCUT2D eigenvalue weighted by Crippen LogP contribution is 2.26. The number of hydrogen-bond acceptors (Lipinski definition) is 3. The van der Waals surface area contributed by atoms with Crippen LogP contribution in [-0.2, 0) is 14.2 Å². The van der Waals surface area contributed by atoms with Gasteiger partial charge < -0.3 is 14.2 Å². The van der Waals surface area contributed by atoms with Crippen molar-refractivity contribution in [1.29, 1.82) is 0 Å². The third-order valence-electron chi connectivity index (χ3n) is 2.75. The standard InChI is InChI=1S/C17H36O3/c1-8-9-10-17(18-11-14(2)3,19-12-15(4)5)20-13-16(6)7/h14-16H,8-13H2,1-7H3. The monoisotopic (exact) mass is 288 g/mol. The molecule has 0 amide bonds. The van der Waals surface area contributed by atoms with E-state index in [9.17, 15) is 0 Å². The molecular formula is C17H36O3. The predicted octanol–water partition coefficient (Wildman–Crippen LogP) is 4.85. The molecule has 0 aliphatic rings. The van der Waals surface area contributed by atoms with Crippen LogP contribution in [0.5, 0.6) is 0 Å². The van der Waals surface area contributed by atoms with E-state index in [2.05, 4.69) is 48.5 Å². The normalized spacial score (nSPS) is 12.9. The van der Waals surface area contributed by atoms with Gasteiger partial charge >= 0.3 is 0 Å². The van der Waals surface area contributed by atoms with E-state index in [0.717, 1.165) is 19.3 Å². The van der Waals surface area contributed by atoms with Crippen molar-refractivity contribution in [1.82, 2.24) is 0 Å². The third-order valence-corrected chi connectivity index (χ3v) is 2.75. The summed E-state index contributed by atoms with van der Waals surface area (Å²) in [5.74, 6) is 0.568. The Hall–Kier alpha value is -0.120. The van der Waals surface area contributed by atoms with Crippen LogP contribution in [0, 0.1) is 17.8 Å². The fourth-order valence-electron chi connectivity index (χ4n) is 1.62. The van der Waals surface area contributed by atoms with Crippen molar-refractivity contribution < 1.29 is 14.2 Å². The van der Waals surface area contributed by atoms with Gasteiger partial charge in [0, 0.05) is 6.42 Å². The van der Waals surface area contributed by atoms with Gasteiger partial charge in [0.2, 0.25) is 0 Å². The minimum Gasteiger partial charge on any atom is -0.327 e. The molecule has 0 spiro atoms. The van der Waals surface area contributed by atoms with Crippen molar-refractivity contribution in [2.24, 2.45) is 17.8 Å². The molecule has 0 atom stereocenters. The summed E-state index contributed by atoms with van der Waals surface area (Å²) in [7, 11) is 0. The molecule has 0 N–H and O–H groups in total. The van der Waals surface area contributed by atoms with Crippen LogP contribution in [0.2, 0.25) is 0 Å². The Morgan fingerprint density at radius 3 is 1.30 bits per heavy atom. The zero-order chi connectivity index (χ0) is 15.6. The summed E-state index contributed by atoms with van der Waals surface area (Å²) in [6.45, 7) is 17.1. The van der Waals surface area contributed by atoms with Gasteiger partial charge in [0.15, 0.2) is 0 Å². The lowest BCUT2D eigenvalue weighted by atomic mass is 10.2. The zero-order valence-electron chi connectivity index (χ0n) is 14.7. The number of ether oxygens (including phenoxy) is 3. The van der Waals surface area contributed by atoms with Crippen LogP contribution in [0.3, 0.4) is 0 Å². The van der Waals surface area contributed by atoms with E-state index < -0.39 is 5.97 Å². The highest BCUT2D eigenvalue weighted by molar-refractivity contribution is 4.62. The molecule has 0 aliphatic carbocycles. The minimum absolute atomic E-state index is 0.473. The number of hydrogen-bond donors (Lipinski definition) is 0. The minimum atomic E-state index is -0.852. The molecule has 0 aromatic carbocycles. The molecule has 0 aromatic rings. The van der Waals surface area contributed by atoms with Gasteiger partial charge in [-0.1, -0.05) is 54.9 Å². The maximum atomic E-state index is 6.05. The van der Waals surface area contributed by atoms with E-state index in [1.54, 1.807) is 0 Å². The van der Waals surface area contributed by atoms with Crippen LogP contribution in [0.1, 0.15) is 67.7 Å². The van der Waals surface area contributed by atoms with Crippen molar-refractivity contribution in [3.63, 3.8) is 0 Å². The van der Waals surface area contributed by atoms with E-state index in [-0.39, 0.29) is 0 Å². The first-order valence-corrected chi connectivity index (χ1v) is 8.23. The summed E-state index contributed by atoms with van der Waals surface area (Å²) < 4.78 is 18.1. The van der Waals surface area contributed by atoms with E-state index >= 15 is 0 Å². The third kappa shape index (κ3) is 9.73. The molecule has 0 unspecified atom stereocenters. The highest BCUT2D eigenvalue weighted by atomic mass is 16.9. The smallest absolute Gasteiger partial charge is 0.282 e. The van der Waals surface area contributed by atoms with E-state index in [1.807, 2.05) is 0 Å². The summed E-state index contributed by atoms with van der Waals surface area (Å²) in [5, 5.41) is 0. The summed E-state index contributed by atoms with van der Waals surface area (Å²) >= 11 is 0. The van der Waals surface area contributed by atoms with Gasteiger partial charge in [-0.25, -0.2) is 0 Å². The van der Waals surface area contributed by atoms with Crippen LogP contribution >= 0.6 is 0 Å². The Labute approximate surface area is 126 Å². The van der Waals surface area contributed by atoms with Crippen molar-refractivity contribution in [2.75, 3.05) is 19.8 Å².